The molecule has 1 heterocycles. The highest BCUT2D eigenvalue weighted by Crippen LogP contribution is 2.30. The van der Waals surface area contributed by atoms with Gasteiger partial charge < -0.3 is 9.73 Å². The lowest BCUT2D eigenvalue weighted by Crippen LogP contribution is -1.92. The SMILES string of the molecule is O=CNc1ccc2nc(-c3ccccc3Cl)oc2c1. The van der Waals surface area contributed by atoms with Crippen molar-refractivity contribution in [1.29, 1.82) is 0 Å². The highest BCUT2D eigenvalue weighted by molar-refractivity contribution is 6.33. The van der Waals surface area contributed by atoms with E-state index in [1.807, 2.05) is 18.2 Å². The van der Waals surface area contributed by atoms with Crippen molar-refractivity contribution >= 4 is 34.8 Å². The largest absolute Gasteiger partial charge is 0.436 e. The minimum atomic E-state index is 0.462. The first-order chi connectivity index (χ1) is 9.28. The lowest BCUT2D eigenvalue weighted by atomic mass is 10.2. The second-order valence-electron chi connectivity index (χ2n) is 3.94. The highest BCUT2D eigenvalue weighted by atomic mass is 35.5. The number of carbonyl (C=O) groups is 1. The topological polar surface area (TPSA) is 55.1 Å². The van der Waals surface area contributed by atoms with Crippen LogP contribution in [0.3, 0.4) is 0 Å². The molecule has 3 aromatic rings. The number of aromatic nitrogens is 1. The van der Waals surface area contributed by atoms with Crippen LogP contribution in [0.5, 0.6) is 0 Å². The quantitative estimate of drug-likeness (QED) is 0.739. The third-order valence-electron chi connectivity index (χ3n) is 2.72. The molecule has 0 aliphatic carbocycles. The van der Waals surface area contributed by atoms with E-state index in [1.54, 1.807) is 24.3 Å². The average molecular weight is 273 g/mol. The van der Waals surface area contributed by atoms with Gasteiger partial charge in [0.1, 0.15) is 5.52 Å². The second kappa shape index (κ2) is 4.74. The molecule has 1 aromatic heterocycles. The number of fused-ring (bicyclic) bond motifs is 1. The van der Waals surface area contributed by atoms with Gasteiger partial charge in [0.05, 0.1) is 10.6 Å². The summed E-state index contributed by atoms with van der Waals surface area (Å²) in [5, 5.41) is 3.15. The molecule has 0 radical (unpaired) electrons. The summed E-state index contributed by atoms with van der Waals surface area (Å²) in [6.07, 6.45) is 0.618. The van der Waals surface area contributed by atoms with E-state index in [4.69, 9.17) is 16.0 Å². The average Bonchev–Trinajstić information content (AvgIpc) is 2.82. The van der Waals surface area contributed by atoms with Crippen molar-refractivity contribution in [2.24, 2.45) is 0 Å². The number of rotatable bonds is 3. The molecule has 0 atom stereocenters. The number of oxazole rings is 1. The van der Waals surface area contributed by atoms with E-state index in [0.29, 0.717) is 34.1 Å². The van der Waals surface area contributed by atoms with Gasteiger partial charge in [0, 0.05) is 11.8 Å². The van der Waals surface area contributed by atoms with Crippen LogP contribution in [-0.2, 0) is 4.79 Å². The fourth-order valence-electron chi connectivity index (χ4n) is 1.83. The maximum absolute atomic E-state index is 10.4. The normalized spacial score (nSPS) is 10.6. The Hall–Kier alpha value is -2.33. The molecule has 3 rings (SSSR count). The lowest BCUT2D eigenvalue weighted by molar-refractivity contribution is -0.105. The molecular weight excluding hydrogens is 264 g/mol. The molecule has 1 amide bonds. The van der Waals surface area contributed by atoms with E-state index < -0.39 is 0 Å². The number of carbonyl (C=O) groups excluding carboxylic acids is 1. The summed E-state index contributed by atoms with van der Waals surface area (Å²) in [5.41, 5.74) is 2.71. The van der Waals surface area contributed by atoms with E-state index in [-0.39, 0.29) is 0 Å². The minimum absolute atomic E-state index is 0.462. The Morgan fingerprint density at radius 2 is 2.05 bits per heavy atom. The van der Waals surface area contributed by atoms with Crippen molar-refractivity contribution < 1.29 is 9.21 Å². The van der Waals surface area contributed by atoms with Gasteiger partial charge in [0.25, 0.3) is 0 Å². The first-order valence-corrected chi connectivity index (χ1v) is 6.01. The maximum atomic E-state index is 10.4. The van der Waals surface area contributed by atoms with Gasteiger partial charge in [0.2, 0.25) is 12.3 Å². The number of hydrogen-bond donors (Lipinski definition) is 1. The summed E-state index contributed by atoms with van der Waals surface area (Å²) < 4.78 is 5.67. The fraction of sp³-hybridized carbons (Fsp3) is 0. The molecule has 0 saturated carbocycles. The van der Waals surface area contributed by atoms with Crippen molar-refractivity contribution in [3.63, 3.8) is 0 Å². The zero-order valence-electron chi connectivity index (χ0n) is 9.76. The van der Waals surface area contributed by atoms with E-state index in [0.717, 1.165) is 5.56 Å². The van der Waals surface area contributed by atoms with Gasteiger partial charge in [0.15, 0.2) is 5.58 Å². The molecule has 0 saturated heterocycles. The molecule has 0 fully saturated rings. The van der Waals surface area contributed by atoms with Crippen molar-refractivity contribution in [1.82, 2.24) is 4.98 Å². The zero-order chi connectivity index (χ0) is 13.2. The standard InChI is InChI=1S/C14H9ClN2O2/c15-11-4-2-1-3-10(11)14-17-12-6-5-9(16-8-18)7-13(12)19-14/h1-8H,(H,16,18). The fourth-order valence-corrected chi connectivity index (χ4v) is 2.05. The Labute approximate surface area is 114 Å². The van der Waals surface area contributed by atoms with Crippen LogP contribution in [0.2, 0.25) is 5.02 Å². The number of nitrogens with one attached hydrogen (secondary N) is 1. The molecule has 4 nitrogen and oxygen atoms in total. The molecule has 2 aromatic carbocycles. The third-order valence-corrected chi connectivity index (χ3v) is 3.05. The third kappa shape index (κ3) is 2.18. The highest BCUT2D eigenvalue weighted by Gasteiger charge is 2.11. The molecule has 0 spiro atoms. The van der Waals surface area contributed by atoms with Gasteiger partial charge in [-0.25, -0.2) is 4.98 Å². The summed E-state index contributed by atoms with van der Waals surface area (Å²) in [7, 11) is 0. The predicted octanol–water partition coefficient (Wildman–Crippen LogP) is 3.72. The van der Waals surface area contributed by atoms with Crippen molar-refractivity contribution in [3.8, 4) is 11.5 Å². The van der Waals surface area contributed by atoms with E-state index >= 15 is 0 Å². The Morgan fingerprint density at radius 3 is 2.84 bits per heavy atom. The van der Waals surface area contributed by atoms with Gasteiger partial charge in [-0.1, -0.05) is 23.7 Å². The number of benzene rings is 2. The Balaban J connectivity index is 2.11. The maximum Gasteiger partial charge on any atom is 0.228 e. The summed E-state index contributed by atoms with van der Waals surface area (Å²) in [4.78, 5) is 14.8. The number of halogens is 1. The first-order valence-electron chi connectivity index (χ1n) is 5.63. The first kappa shape index (κ1) is 11.7. The smallest absolute Gasteiger partial charge is 0.228 e. The van der Waals surface area contributed by atoms with Crippen molar-refractivity contribution in [3.05, 3.63) is 47.5 Å². The number of nitrogens with zero attached hydrogens (tertiary/aromatic N) is 1. The predicted molar refractivity (Wildman–Crippen MR) is 74.1 cm³/mol. The van der Waals surface area contributed by atoms with E-state index in [1.165, 1.54) is 0 Å². The Morgan fingerprint density at radius 1 is 1.21 bits per heavy atom. The number of anilines is 1. The van der Waals surface area contributed by atoms with Gasteiger partial charge >= 0.3 is 0 Å². The van der Waals surface area contributed by atoms with Crippen LogP contribution in [0.1, 0.15) is 0 Å². The van der Waals surface area contributed by atoms with Crippen LogP contribution in [-0.4, -0.2) is 11.4 Å². The Kier molecular flexibility index (Phi) is 2.93. The van der Waals surface area contributed by atoms with Crippen LogP contribution in [0.4, 0.5) is 5.69 Å². The zero-order valence-corrected chi connectivity index (χ0v) is 10.5. The van der Waals surface area contributed by atoms with Gasteiger partial charge in [-0.05, 0) is 24.3 Å². The Bertz CT molecular complexity index is 752. The summed E-state index contributed by atoms with van der Waals surface area (Å²) in [6, 6.07) is 12.6. The van der Waals surface area contributed by atoms with E-state index in [2.05, 4.69) is 10.3 Å². The molecule has 0 unspecified atom stereocenters. The summed E-state index contributed by atoms with van der Waals surface area (Å²) in [5.74, 6) is 0.462. The molecule has 0 aliphatic rings. The van der Waals surface area contributed by atoms with Gasteiger partial charge in [-0.3, -0.25) is 4.79 Å². The van der Waals surface area contributed by atoms with Crippen molar-refractivity contribution in [2.75, 3.05) is 5.32 Å². The van der Waals surface area contributed by atoms with Crippen LogP contribution < -0.4 is 5.32 Å². The summed E-state index contributed by atoms with van der Waals surface area (Å²) >= 11 is 6.11. The van der Waals surface area contributed by atoms with Crippen molar-refractivity contribution in [2.45, 2.75) is 0 Å². The second-order valence-corrected chi connectivity index (χ2v) is 4.35. The van der Waals surface area contributed by atoms with Gasteiger partial charge in [-0.2, -0.15) is 0 Å². The summed E-state index contributed by atoms with van der Waals surface area (Å²) in [6.45, 7) is 0. The lowest BCUT2D eigenvalue weighted by Gasteiger charge is -1.97. The van der Waals surface area contributed by atoms with E-state index in [9.17, 15) is 4.79 Å². The molecule has 5 heteroatoms. The minimum Gasteiger partial charge on any atom is -0.436 e. The van der Waals surface area contributed by atoms with Crippen LogP contribution in [0.15, 0.2) is 46.9 Å². The van der Waals surface area contributed by atoms with Crippen LogP contribution in [0, 0.1) is 0 Å². The van der Waals surface area contributed by atoms with Crippen LogP contribution in [0.25, 0.3) is 22.6 Å². The molecule has 19 heavy (non-hydrogen) atoms. The molecule has 1 N–H and O–H groups in total. The number of amides is 1. The molecule has 0 aliphatic heterocycles. The molecule has 0 bridgehead atoms. The van der Waals surface area contributed by atoms with Gasteiger partial charge in [-0.15, -0.1) is 0 Å². The monoisotopic (exact) mass is 272 g/mol. The molecular formula is C14H9ClN2O2. The molecule has 94 valence electrons. The number of hydrogen-bond acceptors (Lipinski definition) is 3. The van der Waals surface area contributed by atoms with Crippen LogP contribution >= 0.6 is 11.6 Å².